The molecule has 0 heterocycles. The predicted molar refractivity (Wildman–Crippen MR) is 62.8 cm³/mol. The highest BCUT2D eigenvalue weighted by molar-refractivity contribution is 6.00. The lowest BCUT2D eigenvalue weighted by Crippen LogP contribution is -2.33. The molecule has 0 aliphatic carbocycles. The molecule has 0 aromatic heterocycles. The number of carbonyl (C=O) groups is 1. The monoisotopic (exact) mass is 204 g/mol. The van der Waals surface area contributed by atoms with Gasteiger partial charge in [0.05, 0.1) is 6.04 Å². The number of nitrogens with one attached hydrogen (secondary N) is 1. The lowest BCUT2D eigenvalue weighted by atomic mass is 10.1. The molecule has 0 fully saturated rings. The first-order chi connectivity index (χ1) is 7.15. The smallest absolute Gasteiger partial charge is 0.179 e. The van der Waals surface area contributed by atoms with Crippen LogP contribution in [0.4, 0.5) is 5.69 Å². The fourth-order valence-corrected chi connectivity index (χ4v) is 1.25. The Kier molecular flexibility index (Phi) is 4.06. The van der Waals surface area contributed by atoms with E-state index in [1.165, 1.54) is 0 Å². The van der Waals surface area contributed by atoms with Crippen molar-refractivity contribution in [1.29, 1.82) is 0 Å². The van der Waals surface area contributed by atoms with Crippen LogP contribution in [0.3, 0.4) is 0 Å². The third-order valence-electron chi connectivity index (χ3n) is 2.16. The molecule has 3 heteroatoms. The maximum absolute atomic E-state index is 11.8. The Morgan fingerprint density at radius 2 is 2.13 bits per heavy atom. The van der Waals surface area contributed by atoms with Crippen molar-refractivity contribution >= 4 is 11.5 Å². The van der Waals surface area contributed by atoms with Gasteiger partial charge in [-0.25, -0.2) is 0 Å². The zero-order valence-electron chi connectivity index (χ0n) is 8.86. The zero-order chi connectivity index (χ0) is 11.3. The lowest BCUT2D eigenvalue weighted by Gasteiger charge is -2.11. The number of hydrogen-bond acceptors (Lipinski definition) is 3. The topological polar surface area (TPSA) is 55.1 Å². The largest absolute Gasteiger partial charge is 0.399 e. The van der Waals surface area contributed by atoms with E-state index < -0.39 is 0 Å². The summed E-state index contributed by atoms with van der Waals surface area (Å²) in [6, 6.07) is 6.74. The van der Waals surface area contributed by atoms with Crippen molar-refractivity contribution in [1.82, 2.24) is 5.32 Å². The summed E-state index contributed by atoms with van der Waals surface area (Å²) in [5.41, 5.74) is 6.88. The van der Waals surface area contributed by atoms with Crippen molar-refractivity contribution in [2.75, 3.05) is 12.3 Å². The van der Waals surface area contributed by atoms with E-state index in [1.807, 2.05) is 6.92 Å². The number of hydrogen-bond donors (Lipinski definition) is 2. The van der Waals surface area contributed by atoms with Crippen LogP contribution in [0, 0.1) is 0 Å². The molecule has 0 aliphatic heterocycles. The van der Waals surface area contributed by atoms with Gasteiger partial charge in [-0.05, 0) is 31.2 Å². The molecule has 0 bridgehead atoms. The maximum Gasteiger partial charge on any atom is 0.179 e. The Morgan fingerprint density at radius 3 is 2.67 bits per heavy atom. The Balaban J connectivity index is 2.67. The number of nitrogen functional groups attached to an aromatic ring is 1. The third kappa shape index (κ3) is 3.22. The van der Waals surface area contributed by atoms with E-state index in [4.69, 9.17) is 5.73 Å². The Labute approximate surface area is 90.0 Å². The highest BCUT2D eigenvalue weighted by Gasteiger charge is 2.13. The van der Waals surface area contributed by atoms with Crippen molar-refractivity contribution in [3.05, 3.63) is 42.5 Å². The van der Waals surface area contributed by atoms with Gasteiger partial charge in [-0.1, -0.05) is 6.08 Å². The molecule has 1 unspecified atom stereocenters. The van der Waals surface area contributed by atoms with Gasteiger partial charge in [0.15, 0.2) is 5.78 Å². The van der Waals surface area contributed by atoms with E-state index in [0.717, 1.165) is 0 Å². The summed E-state index contributed by atoms with van der Waals surface area (Å²) in [6.07, 6.45) is 1.73. The number of carbonyl (C=O) groups excluding carboxylic acids is 1. The average molecular weight is 204 g/mol. The second kappa shape index (κ2) is 5.32. The summed E-state index contributed by atoms with van der Waals surface area (Å²) < 4.78 is 0. The van der Waals surface area contributed by atoms with Gasteiger partial charge in [-0.15, -0.1) is 6.58 Å². The molecule has 3 nitrogen and oxygen atoms in total. The predicted octanol–water partition coefficient (Wildman–Crippen LogP) is 1.62. The lowest BCUT2D eigenvalue weighted by molar-refractivity contribution is 0.0953. The molecule has 1 aromatic carbocycles. The first kappa shape index (κ1) is 11.5. The van der Waals surface area contributed by atoms with E-state index in [1.54, 1.807) is 30.3 Å². The van der Waals surface area contributed by atoms with Crippen molar-refractivity contribution < 1.29 is 4.79 Å². The van der Waals surface area contributed by atoms with E-state index in [2.05, 4.69) is 11.9 Å². The molecule has 80 valence electrons. The first-order valence-corrected chi connectivity index (χ1v) is 4.89. The molecule has 0 saturated carbocycles. The molecule has 3 N–H and O–H groups in total. The SMILES string of the molecule is C=CCNC(C)C(=O)c1ccc(N)cc1. The minimum atomic E-state index is -0.202. The van der Waals surface area contributed by atoms with Crippen LogP contribution in [0.5, 0.6) is 0 Å². The van der Waals surface area contributed by atoms with Gasteiger partial charge in [0.25, 0.3) is 0 Å². The molecule has 0 amide bonds. The normalized spacial score (nSPS) is 12.1. The highest BCUT2D eigenvalue weighted by atomic mass is 16.1. The van der Waals surface area contributed by atoms with Crippen LogP contribution >= 0.6 is 0 Å². The highest BCUT2D eigenvalue weighted by Crippen LogP contribution is 2.07. The number of ketones is 1. The van der Waals surface area contributed by atoms with Crippen LogP contribution in [-0.4, -0.2) is 18.4 Å². The second-order valence-corrected chi connectivity index (χ2v) is 3.40. The fourth-order valence-electron chi connectivity index (χ4n) is 1.25. The van der Waals surface area contributed by atoms with Crippen LogP contribution in [0.15, 0.2) is 36.9 Å². The molecule has 0 aliphatic rings. The van der Waals surface area contributed by atoms with Gasteiger partial charge in [-0.2, -0.15) is 0 Å². The zero-order valence-corrected chi connectivity index (χ0v) is 8.86. The number of benzene rings is 1. The summed E-state index contributed by atoms with van der Waals surface area (Å²) in [4.78, 5) is 11.8. The van der Waals surface area contributed by atoms with Crippen LogP contribution < -0.4 is 11.1 Å². The van der Waals surface area contributed by atoms with E-state index in [-0.39, 0.29) is 11.8 Å². The summed E-state index contributed by atoms with van der Waals surface area (Å²) in [5.74, 6) is 0.0665. The maximum atomic E-state index is 11.8. The molecular formula is C12H16N2O. The van der Waals surface area contributed by atoms with Crippen LogP contribution in [0.25, 0.3) is 0 Å². The number of nitrogens with two attached hydrogens (primary N) is 1. The minimum absolute atomic E-state index is 0.0665. The summed E-state index contributed by atoms with van der Waals surface area (Å²) in [5, 5.41) is 3.05. The molecule has 1 atom stereocenters. The summed E-state index contributed by atoms with van der Waals surface area (Å²) >= 11 is 0. The van der Waals surface area contributed by atoms with Gasteiger partial charge >= 0.3 is 0 Å². The summed E-state index contributed by atoms with van der Waals surface area (Å²) in [7, 11) is 0. The van der Waals surface area contributed by atoms with Gasteiger partial charge < -0.3 is 11.1 Å². The fraction of sp³-hybridized carbons (Fsp3) is 0.250. The van der Waals surface area contributed by atoms with Gasteiger partial charge in [0, 0.05) is 17.8 Å². The number of rotatable bonds is 5. The minimum Gasteiger partial charge on any atom is -0.399 e. The van der Waals surface area contributed by atoms with Crippen LogP contribution in [0.1, 0.15) is 17.3 Å². The molecule has 0 saturated heterocycles. The molecule has 1 aromatic rings. The molecule has 0 radical (unpaired) electrons. The quantitative estimate of drug-likeness (QED) is 0.435. The van der Waals surface area contributed by atoms with Crippen molar-refractivity contribution in [3.8, 4) is 0 Å². The second-order valence-electron chi connectivity index (χ2n) is 3.40. The Hall–Kier alpha value is -1.61. The van der Waals surface area contributed by atoms with Gasteiger partial charge in [0.2, 0.25) is 0 Å². The number of anilines is 1. The molecular weight excluding hydrogens is 188 g/mol. The van der Waals surface area contributed by atoms with E-state index in [9.17, 15) is 4.79 Å². The van der Waals surface area contributed by atoms with Crippen LogP contribution in [0.2, 0.25) is 0 Å². The van der Waals surface area contributed by atoms with Crippen molar-refractivity contribution in [3.63, 3.8) is 0 Å². The van der Waals surface area contributed by atoms with E-state index >= 15 is 0 Å². The summed E-state index contributed by atoms with van der Waals surface area (Å²) in [6.45, 7) is 6.05. The average Bonchev–Trinajstić information content (AvgIpc) is 2.26. The van der Waals surface area contributed by atoms with Gasteiger partial charge in [-0.3, -0.25) is 4.79 Å². The Morgan fingerprint density at radius 1 is 1.53 bits per heavy atom. The van der Waals surface area contributed by atoms with Crippen molar-refractivity contribution in [2.24, 2.45) is 0 Å². The van der Waals surface area contributed by atoms with E-state index in [0.29, 0.717) is 17.8 Å². The van der Waals surface area contributed by atoms with Crippen LogP contribution in [-0.2, 0) is 0 Å². The molecule has 15 heavy (non-hydrogen) atoms. The third-order valence-corrected chi connectivity index (χ3v) is 2.16. The standard InChI is InChI=1S/C12H16N2O/c1-3-8-14-9(2)12(15)10-4-6-11(13)7-5-10/h3-7,9,14H,1,8,13H2,2H3. The molecule has 0 spiro atoms. The first-order valence-electron chi connectivity index (χ1n) is 4.89. The number of Topliss-reactive ketones (excluding diaryl/α,β-unsaturated/α-hetero) is 1. The molecule has 1 rings (SSSR count). The van der Waals surface area contributed by atoms with Gasteiger partial charge in [0.1, 0.15) is 0 Å². The van der Waals surface area contributed by atoms with Crippen molar-refractivity contribution in [2.45, 2.75) is 13.0 Å². The Bertz CT molecular complexity index is 343.